The summed E-state index contributed by atoms with van der Waals surface area (Å²) in [6.45, 7) is 0.318. The summed E-state index contributed by atoms with van der Waals surface area (Å²) < 4.78 is 0. The number of hydrogen-bond donors (Lipinski definition) is 4. The third kappa shape index (κ3) is 6.03. The van der Waals surface area contributed by atoms with Crippen molar-refractivity contribution in [2.75, 3.05) is 20.6 Å². The van der Waals surface area contributed by atoms with Gasteiger partial charge in [0.25, 0.3) is 11.5 Å². The number of aromatic nitrogens is 3. The number of nitrogens with zero attached hydrogens (tertiary/aromatic N) is 3. The molecule has 0 saturated carbocycles. The number of carboxylic acids is 1. The van der Waals surface area contributed by atoms with E-state index >= 15 is 0 Å². The standard InChI is InChI=1S/C22H26N6O4/c1-28(2)13-25-22-26-19-18(21(32)27-22)16(12-24-19)10-7-14-5-8-15(9-6-14)20(31)23-11-3-4-17(29)30/h5-6,8-9,12-13H,3-4,7,10-11H2,1-2H3,(H,23,31)(H,29,30)(H2,24,26,27,32)/b25-13-. The zero-order valence-electron chi connectivity index (χ0n) is 18.0. The predicted octanol–water partition coefficient (Wildman–Crippen LogP) is 1.85. The Labute approximate surface area is 184 Å². The molecular weight excluding hydrogens is 412 g/mol. The van der Waals surface area contributed by atoms with E-state index in [1.54, 1.807) is 29.6 Å². The molecule has 1 aromatic carbocycles. The van der Waals surface area contributed by atoms with Crippen LogP contribution in [0.3, 0.4) is 0 Å². The Balaban J connectivity index is 1.61. The van der Waals surface area contributed by atoms with Crippen molar-refractivity contribution < 1.29 is 14.7 Å². The van der Waals surface area contributed by atoms with E-state index in [0.717, 1.165) is 11.1 Å². The number of aromatic amines is 2. The molecule has 2 heterocycles. The second-order valence-corrected chi connectivity index (χ2v) is 7.59. The molecule has 0 bridgehead atoms. The van der Waals surface area contributed by atoms with Gasteiger partial charge in [0, 0.05) is 38.8 Å². The number of aliphatic carboxylic acids is 1. The Kier molecular flexibility index (Phi) is 7.37. The first-order chi connectivity index (χ1) is 15.3. The second-order valence-electron chi connectivity index (χ2n) is 7.59. The van der Waals surface area contributed by atoms with Crippen LogP contribution in [0.2, 0.25) is 0 Å². The number of fused-ring (bicyclic) bond motifs is 1. The van der Waals surface area contributed by atoms with Gasteiger partial charge in [-0.15, -0.1) is 0 Å². The number of benzene rings is 1. The van der Waals surface area contributed by atoms with E-state index < -0.39 is 5.97 Å². The molecule has 168 valence electrons. The van der Waals surface area contributed by atoms with Gasteiger partial charge < -0.3 is 20.3 Å². The maximum atomic E-state index is 12.5. The normalized spacial score (nSPS) is 11.2. The molecule has 0 aliphatic rings. The van der Waals surface area contributed by atoms with E-state index in [9.17, 15) is 14.4 Å². The summed E-state index contributed by atoms with van der Waals surface area (Å²) in [5.74, 6) is -0.875. The minimum Gasteiger partial charge on any atom is -0.481 e. The minimum absolute atomic E-state index is 0.0238. The van der Waals surface area contributed by atoms with E-state index in [-0.39, 0.29) is 23.8 Å². The molecule has 10 heteroatoms. The molecule has 0 unspecified atom stereocenters. The molecule has 0 fully saturated rings. The minimum atomic E-state index is -0.880. The van der Waals surface area contributed by atoms with Crippen LogP contribution in [-0.4, -0.2) is 63.8 Å². The summed E-state index contributed by atoms with van der Waals surface area (Å²) in [6.07, 6.45) is 5.08. The summed E-state index contributed by atoms with van der Waals surface area (Å²) >= 11 is 0. The monoisotopic (exact) mass is 438 g/mol. The highest BCUT2D eigenvalue weighted by atomic mass is 16.4. The summed E-state index contributed by atoms with van der Waals surface area (Å²) in [5.41, 5.74) is 2.65. The molecule has 3 rings (SSSR count). The highest BCUT2D eigenvalue weighted by molar-refractivity contribution is 5.94. The van der Waals surface area contributed by atoms with Crippen molar-refractivity contribution in [3.8, 4) is 0 Å². The number of carboxylic acid groups (broad SMARTS) is 1. The van der Waals surface area contributed by atoms with Crippen LogP contribution >= 0.6 is 0 Å². The zero-order chi connectivity index (χ0) is 23.1. The number of rotatable bonds is 10. The fraction of sp³-hybridized carbons (Fsp3) is 0.318. The van der Waals surface area contributed by atoms with Crippen molar-refractivity contribution in [1.82, 2.24) is 25.2 Å². The summed E-state index contributed by atoms with van der Waals surface area (Å²) in [7, 11) is 3.66. The number of aliphatic imine (C=N–C) groups is 1. The average molecular weight is 438 g/mol. The molecule has 4 N–H and O–H groups in total. The Hall–Kier alpha value is -3.95. The second kappa shape index (κ2) is 10.4. The highest BCUT2D eigenvalue weighted by Gasteiger charge is 2.11. The summed E-state index contributed by atoms with van der Waals surface area (Å²) in [4.78, 5) is 51.1. The molecule has 1 amide bonds. The van der Waals surface area contributed by atoms with Gasteiger partial charge in [0.15, 0.2) is 0 Å². The zero-order valence-corrected chi connectivity index (χ0v) is 18.0. The first kappa shape index (κ1) is 22.7. The molecule has 2 aromatic heterocycles. The number of nitrogens with one attached hydrogen (secondary N) is 3. The van der Waals surface area contributed by atoms with Gasteiger partial charge >= 0.3 is 5.97 Å². The van der Waals surface area contributed by atoms with Crippen molar-refractivity contribution >= 4 is 35.2 Å². The van der Waals surface area contributed by atoms with Crippen molar-refractivity contribution in [1.29, 1.82) is 0 Å². The van der Waals surface area contributed by atoms with Crippen molar-refractivity contribution in [3.63, 3.8) is 0 Å². The van der Waals surface area contributed by atoms with Crippen molar-refractivity contribution in [2.45, 2.75) is 25.7 Å². The smallest absolute Gasteiger partial charge is 0.303 e. The van der Waals surface area contributed by atoms with Gasteiger partial charge in [-0.05, 0) is 42.5 Å². The van der Waals surface area contributed by atoms with Crippen LogP contribution in [0.15, 0.2) is 40.2 Å². The van der Waals surface area contributed by atoms with Crippen molar-refractivity contribution in [3.05, 3.63) is 57.5 Å². The van der Waals surface area contributed by atoms with E-state index in [2.05, 4.69) is 25.3 Å². The van der Waals surface area contributed by atoms with Gasteiger partial charge in [-0.1, -0.05) is 12.1 Å². The van der Waals surface area contributed by atoms with E-state index in [4.69, 9.17) is 5.11 Å². The maximum Gasteiger partial charge on any atom is 0.303 e. The summed E-state index contributed by atoms with van der Waals surface area (Å²) in [6, 6.07) is 7.22. The quantitative estimate of drug-likeness (QED) is 0.216. The molecule has 0 aliphatic heterocycles. The molecule has 0 spiro atoms. The first-order valence-electron chi connectivity index (χ1n) is 10.2. The fourth-order valence-corrected chi connectivity index (χ4v) is 3.17. The van der Waals surface area contributed by atoms with E-state index in [1.165, 1.54) is 0 Å². The van der Waals surface area contributed by atoms with Gasteiger partial charge in [0.2, 0.25) is 5.95 Å². The largest absolute Gasteiger partial charge is 0.481 e. The van der Waals surface area contributed by atoms with Crippen LogP contribution in [0.5, 0.6) is 0 Å². The Morgan fingerprint density at radius 3 is 2.66 bits per heavy atom. The molecule has 3 aromatic rings. The first-order valence-corrected chi connectivity index (χ1v) is 10.2. The lowest BCUT2D eigenvalue weighted by Gasteiger charge is -2.06. The van der Waals surface area contributed by atoms with Crippen LogP contribution in [0, 0.1) is 0 Å². The number of hydrogen-bond acceptors (Lipinski definition) is 5. The lowest BCUT2D eigenvalue weighted by molar-refractivity contribution is -0.137. The number of amides is 1. The van der Waals surface area contributed by atoms with Crippen LogP contribution in [0.1, 0.15) is 34.3 Å². The fourth-order valence-electron chi connectivity index (χ4n) is 3.17. The molecule has 0 aliphatic carbocycles. The van der Waals surface area contributed by atoms with Gasteiger partial charge in [0.05, 0.1) is 11.7 Å². The third-order valence-corrected chi connectivity index (χ3v) is 4.77. The predicted molar refractivity (Wildman–Crippen MR) is 122 cm³/mol. The lowest BCUT2D eigenvalue weighted by Crippen LogP contribution is -2.24. The Morgan fingerprint density at radius 2 is 1.97 bits per heavy atom. The SMILES string of the molecule is CN(C)/C=N\c1nc2[nH]cc(CCc3ccc(C(=O)NCCCC(=O)O)cc3)c2c(=O)[nH]1. The van der Waals surface area contributed by atoms with Gasteiger partial charge in [-0.2, -0.15) is 4.98 Å². The molecular formula is C22H26N6O4. The van der Waals surface area contributed by atoms with Crippen LogP contribution in [0.25, 0.3) is 11.0 Å². The number of carbonyl (C=O) groups excluding carboxylic acids is 1. The van der Waals surface area contributed by atoms with E-state index in [1.807, 2.05) is 26.2 Å². The number of aryl methyl sites for hydroxylation is 2. The maximum absolute atomic E-state index is 12.5. The van der Waals surface area contributed by atoms with Gasteiger partial charge in [-0.3, -0.25) is 19.4 Å². The van der Waals surface area contributed by atoms with Crippen LogP contribution in [-0.2, 0) is 17.6 Å². The molecule has 0 saturated heterocycles. The molecule has 10 nitrogen and oxygen atoms in total. The van der Waals surface area contributed by atoms with Crippen LogP contribution < -0.4 is 10.9 Å². The van der Waals surface area contributed by atoms with Gasteiger partial charge in [0.1, 0.15) is 5.65 Å². The van der Waals surface area contributed by atoms with Crippen LogP contribution in [0.4, 0.5) is 5.95 Å². The number of carbonyl (C=O) groups is 2. The topological polar surface area (TPSA) is 144 Å². The van der Waals surface area contributed by atoms with Crippen molar-refractivity contribution in [2.24, 2.45) is 4.99 Å². The van der Waals surface area contributed by atoms with Gasteiger partial charge in [-0.25, -0.2) is 4.99 Å². The third-order valence-electron chi connectivity index (χ3n) is 4.77. The molecule has 32 heavy (non-hydrogen) atoms. The number of H-pyrrole nitrogens is 2. The highest BCUT2D eigenvalue weighted by Crippen LogP contribution is 2.17. The molecule has 0 radical (unpaired) electrons. The van der Waals surface area contributed by atoms with E-state index in [0.29, 0.717) is 42.4 Å². The lowest BCUT2D eigenvalue weighted by atomic mass is 10.0. The average Bonchev–Trinajstić information content (AvgIpc) is 3.17. The summed E-state index contributed by atoms with van der Waals surface area (Å²) in [5, 5.41) is 11.9. The molecule has 0 atom stereocenters. The Bertz CT molecular complexity index is 1180. The Morgan fingerprint density at radius 1 is 1.22 bits per heavy atom.